The minimum atomic E-state index is -0.0691. The topological polar surface area (TPSA) is 77.2 Å². The summed E-state index contributed by atoms with van der Waals surface area (Å²) in [5.74, 6) is 1.49. The number of nitrogens with one attached hydrogen (secondary N) is 1. The van der Waals surface area contributed by atoms with Gasteiger partial charge in [-0.3, -0.25) is 4.79 Å². The SMILES string of the molecule is O=C(COc1ccc(-c2nnc(-c3ccccc3)o2)cc1)NC1CCCCC1. The molecule has 1 heterocycles. The highest BCUT2D eigenvalue weighted by Crippen LogP contribution is 2.25. The minimum Gasteiger partial charge on any atom is -0.484 e. The molecule has 0 aliphatic heterocycles. The van der Waals surface area contributed by atoms with Gasteiger partial charge in [-0.05, 0) is 49.2 Å². The molecule has 28 heavy (non-hydrogen) atoms. The fraction of sp³-hybridized carbons (Fsp3) is 0.318. The molecular formula is C22H23N3O3. The summed E-state index contributed by atoms with van der Waals surface area (Å²) >= 11 is 0. The van der Waals surface area contributed by atoms with E-state index in [4.69, 9.17) is 9.15 Å². The molecule has 1 N–H and O–H groups in total. The van der Waals surface area contributed by atoms with Crippen molar-refractivity contribution >= 4 is 5.91 Å². The van der Waals surface area contributed by atoms with Gasteiger partial charge in [0.25, 0.3) is 5.91 Å². The third-order valence-corrected chi connectivity index (χ3v) is 4.89. The highest BCUT2D eigenvalue weighted by atomic mass is 16.5. The molecule has 144 valence electrons. The fourth-order valence-electron chi connectivity index (χ4n) is 3.40. The first-order chi connectivity index (χ1) is 13.8. The van der Waals surface area contributed by atoms with Gasteiger partial charge in [-0.1, -0.05) is 37.5 Å². The molecule has 6 heteroatoms. The molecule has 1 saturated carbocycles. The molecule has 1 fully saturated rings. The van der Waals surface area contributed by atoms with Crippen molar-refractivity contribution < 1.29 is 13.9 Å². The lowest BCUT2D eigenvalue weighted by atomic mass is 9.95. The van der Waals surface area contributed by atoms with Gasteiger partial charge >= 0.3 is 0 Å². The molecule has 3 aromatic rings. The Morgan fingerprint density at radius 2 is 1.57 bits per heavy atom. The maximum absolute atomic E-state index is 12.0. The van der Waals surface area contributed by atoms with Gasteiger partial charge < -0.3 is 14.5 Å². The summed E-state index contributed by atoms with van der Waals surface area (Å²) in [4.78, 5) is 12.0. The fourth-order valence-corrected chi connectivity index (χ4v) is 3.40. The highest BCUT2D eigenvalue weighted by Gasteiger charge is 2.16. The first-order valence-corrected chi connectivity index (χ1v) is 9.69. The zero-order valence-corrected chi connectivity index (χ0v) is 15.6. The zero-order valence-electron chi connectivity index (χ0n) is 15.6. The zero-order chi connectivity index (χ0) is 19.2. The van der Waals surface area contributed by atoms with Gasteiger partial charge in [0, 0.05) is 17.2 Å². The number of rotatable bonds is 6. The van der Waals surface area contributed by atoms with Crippen molar-refractivity contribution in [2.45, 2.75) is 38.1 Å². The molecule has 0 atom stereocenters. The molecular weight excluding hydrogens is 354 g/mol. The third-order valence-electron chi connectivity index (χ3n) is 4.89. The van der Waals surface area contributed by atoms with Crippen LogP contribution in [0.4, 0.5) is 0 Å². The maximum atomic E-state index is 12.0. The molecule has 0 radical (unpaired) electrons. The molecule has 0 unspecified atom stereocenters. The number of carbonyl (C=O) groups excluding carboxylic acids is 1. The second-order valence-corrected chi connectivity index (χ2v) is 6.99. The number of carbonyl (C=O) groups is 1. The molecule has 1 aliphatic rings. The molecule has 0 spiro atoms. The molecule has 0 saturated heterocycles. The van der Waals surface area contributed by atoms with E-state index in [-0.39, 0.29) is 12.5 Å². The van der Waals surface area contributed by atoms with Gasteiger partial charge in [0.15, 0.2) is 6.61 Å². The first kappa shape index (κ1) is 18.2. The Kier molecular flexibility index (Phi) is 5.66. The second-order valence-electron chi connectivity index (χ2n) is 6.99. The van der Waals surface area contributed by atoms with Crippen LogP contribution in [-0.4, -0.2) is 28.8 Å². The van der Waals surface area contributed by atoms with Crippen LogP contribution in [0.25, 0.3) is 22.9 Å². The van der Waals surface area contributed by atoms with Crippen LogP contribution in [-0.2, 0) is 4.79 Å². The van der Waals surface area contributed by atoms with Crippen molar-refractivity contribution in [1.82, 2.24) is 15.5 Å². The van der Waals surface area contributed by atoms with E-state index in [9.17, 15) is 4.79 Å². The predicted molar refractivity (Wildman–Crippen MR) is 106 cm³/mol. The standard InChI is InChI=1S/C22H23N3O3/c26-20(23-18-9-5-2-6-10-18)15-27-19-13-11-17(12-14-19)22-25-24-21(28-22)16-7-3-1-4-8-16/h1,3-4,7-8,11-14,18H,2,5-6,9-10,15H2,(H,23,26). The first-order valence-electron chi connectivity index (χ1n) is 9.69. The van der Waals surface area contributed by atoms with E-state index in [1.165, 1.54) is 19.3 Å². The Morgan fingerprint density at radius 3 is 2.25 bits per heavy atom. The predicted octanol–water partition coefficient (Wildman–Crippen LogP) is 4.23. The maximum Gasteiger partial charge on any atom is 0.258 e. The lowest BCUT2D eigenvalue weighted by molar-refractivity contribution is -0.124. The van der Waals surface area contributed by atoms with Gasteiger partial charge in [0.1, 0.15) is 5.75 Å². The molecule has 4 rings (SSSR count). The molecule has 1 aromatic heterocycles. The molecule has 1 amide bonds. The highest BCUT2D eigenvalue weighted by molar-refractivity contribution is 5.77. The van der Waals surface area contributed by atoms with E-state index < -0.39 is 0 Å². The van der Waals surface area contributed by atoms with Crippen LogP contribution in [0.1, 0.15) is 32.1 Å². The summed E-state index contributed by atoms with van der Waals surface area (Å²) in [7, 11) is 0. The van der Waals surface area contributed by atoms with Crippen molar-refractivity contribution in [2.24, 2.45) is 0 Å². The van der Waals surface area contributed by atoms with E-state index in [1.54, 1.807) is 12.1 Å². The van der Waals surface area contributed by atoms with Crippen LogP contribution in [0.15, 0.2) is 59.0 Å². The quantitative estimate of drug-likeness (QED) is 0.695. The lowest BCUT2D eigenvalue weighted by Crippen LogP contribution is -2.38. The van der Waals surface area contributed by atoms with Crippen LogP contribution in [0.5, 0.6) is 5.75 Å². The van der Waals surface area contributed by atoms with E-state index >= 15 is 0 Å². The average molecular weight is 377 g/mol. The van der Waals surface area contributed by atoms with Crippen LogP contribution in [0.3, 0.4) is 0 Å². The molecule has 1 aliphatic carbocycles. The molecule has 6 nitrogen and oxygen atoms in total. The number of benzene rings is 2. The Hall–Kier alpha value is -3.15. The number of hydrogen-bond donors (Lipinski definition) is 1. The molecule has 0 bridgehead atoms. The van der Waals surface area contributed by atoms with Crippen LogP contribution in [0.2, 0.25) is 0 Å². The second kappa shape index (κ2) is 8.69. The van der Waals surface area contributed by atoms with Gasteiger partial charge in [-0.2, -0.15) is 0 Å². The summed E-state index contributed by atoms with van der Waals surface area (Å²) in [5, 5.41) is 11.3. The Balaban J connectivity index is 1.32. The van der Waals surface area contributed by atoms with Crippen LogP contribution >= 0.6 is 0 Å². The molecule has 2 aromatic carbocycles. The number of hydrogen-bond acceptors (Lipinski definition) is 5. The Morgan fingerprint density at radius 1 is 0.929 bits per heavy atom. The number of nitrogens with zero attached hydrogens (tertiary/aromatic N) is 2. The minimum absolute atomic E-state index is 0.0224. The summed E-state index contributed by atoms with van der Waals surface area (Å²) in [5.41, 5.74) is 1.68. The Labute approximate surface area is 163 Å². The van der Waals surface area contributed by atoms with E-state index in [0.717, 1.165) is 24.0 Å². The monoisotopic (exact) mass is 377 g/mol. The third kappa shape index (κ3) is 4.57. The van der Waals surface area contributed by atoms with E-state index in [1.807, 2.05) is 42.5 Å². The lowest BCUT2D eigenvalue weighted by Gasteiger charge is -2.22. The summed E-state index contributed by atoms with van der Waals surface area (Å²) < 4.78 is 11.3. The van der Waals surface area contributed by atoms with Crippen LogP contribution < -0.4 is 10.1 Å². The van der Waals surface area contributed by atoms with Crippen molar-refractivity contribution in [2.75, 3.05) is 6.61 Å². The van der Waals surface area contributed by atoms with Gasteiger partial charge in [0.2, 0.25) is 11.8 Å². The van der Waals surface area contributed by atoms with Crippen molar-refractivity contribution in [3.63, 3.8) is 0 Å². The smallest absolute Gasteiger partial charge is 0.258 e. The number of aromatic nitrogens is 2. The van der Waals surface area contributed by atoms with Gasteiger partial charge in [-0.15, -0.1) is 10.2 Å². The van der Waals surface area contributed by atoms with Crippen LogP contribution in [0, 0.1) is 0 Å². The van der Waals surface area contributed by atoms with E-state index in [2.05, 4.69) is 15.5 Å². The summed E-state index contributed by atoms with van der Waals surface area (Å²) in [6, 6.07) is 17.2. The summed E-state index contributed by atoms with van der Waals surface area (Å²) in [6.07, 6.45) is 5.77. The Bertz CT molecular complexity index is 900. The van der Waals surface area contributed by atoms with Crippen molar-refractivity contribution in [3.05, 3.63) is 54.6 Å². The van der Waals surface area contributed by atoms with Crippen molar-refractivity contribution in [1.29, 1.82) is 0 Å². The van der Waals surface area contributed by atoms with E-state index in [0.29, 0.717) is 23.6 Å². The number of amides is 1. The normalized spacial score (nSPS) is 14.6. The van der Waals surface area contributed by atoms with Gasteiger partial charge in [0.05, 0.1) is 0 Å². The largest absolute Gasteiger partial charge is 0.484 e. The number of ether oxygens (including phenoxy) is 1. The van der Waals surface area contributed by atoms with Crippen molar-refractivity contribution in [3.8, 4) is 28.7 Å². The average Bonchev–Trinajstić information content (AvgIpc) is 3.24. The summed E-state index contributed by atoms with van der Waals surface area (Å²) in [6.45, 7) is 0.0224. The van der Waals surface area contributed by atoms with Gasteiger partial charge in [-0.25, -0.2) is 0 Å².